The third-order valence-electron chi connectivity index (χ3n) is 1.97. The molecule has 0 atom stereocenters. The maximum absolute atomic E-state index is 10.5. The summed E-state index contributed by atoms with van der Waals surface area (Å²) in [5, 5.41) is 0. The topological polar surface area (TPSA) is 88.2 Å². The maximum Gasteiger partial charge on any atom is 0.265 e. The maximum atomic E-state index is 10.5. The van der Waals surface area contributed by atoms with Gasteiger partial charge in [-0.25, -0.2) is 4.57 Å². The summed E-state index contributed by atoms with van der Waals surface area (Å²) in [6, 6.07) is 3.68. The van der Waals surface area contributed by atoms with Gasteiger partial charge in [-0.05, 0) is 12.0 Å². The molecule has 1 aromatic heterocycles. The minimum Gasteiger partial charge on any atom is -0.870 e. The number of aromatic nitrogens is 1. The first kappa shape index (κ1) is 15.4. The average molecular weight is 265 g/mol. The van der Waals surface area contributed by atoms with E-state index in [9.17, 15) is 8.42 Å². The van der Waals surface area contributed by atoms with E-state index in [4.69, 9.17) is 4.55 Å². The first-order valence-electron chi connectivity index (χ1n) is 4.55. The van der Waals surface area contributed by atoms with Gasteiger partial charge < -0.3 is 5.48 Å². The second kappa shape index (κ2) is 6.85. The molecule has 0 spiro atoms. The van der Waals surface area contributed by atoms with E-state index in [2.05, 4.69) is 12.6 Å². The summed E-state index contributed by atoms with van der Waals surface area (Å²) in [6.07, 6.45) is 4.08. The highest BCUT2D eigenvalue weighted by atomic mass is 32.2. The summed E-state index contributed by atoms with van der Waals surface area (Å²) in [7, 11) is -3.86. The zero-order chi connectivity index (χ0) is 11.3. The predicted molar refractivity (Wildman–Crippen MR) is 62.5 cm³/mol. The number of thiol groups is 1. The van der Waals surface area contributed by atoms with Gasteiger partial charge >= 0.3 is 0 Å². The van der Waals surface area contributed by atoms with Gasteiger partial charge in [-0.2, -0.15) is 21.0 Å². The minimum atomic E-state index is -3.86. The summed E-state index contributed by atoms with van der Waals surface area (Å²) >= 11 is 4.10. The molecule has 0 aromatic carbocycles. The fourth-order valence-electron chi connectivity index (χ4n) is 1.17. The lowest BCUT2D eigenvalue weighted by molar-refractivity contribution is -0.692. The molecule has 0 radical (unpaired) electrons. The minimum absolute atomic E-state index is 0. The highest BCUT2D eigenvalue weighted by Gasteiger charge is 2.06. The van der Waals surface area contributed by atoms with Crippen molar-refractivity contribution in [1.29, 1.82) is 0 Å². The van der Waals surface area contributed by atoms with E-state index in [1.165, 1.54) is 0 Å². The third kappa shape index (κ3) is 6.06. The molecule has 0 saturated carbocycles. The highest BCUT2D eigenvalue weighted by molar-refractivity contribution is 7.85. The number of hydrogen-bond donors (Lipinski definition) is 2. The van der Waals surface area contributed by atoms with Crippen LogP contribution in [0.5, 0.6) is 0 Å². The molecule has 92 valence electrons. The molecule has 1 heterocycles. The molecule has 0 aliphatic heterocycles. The Labute approximate surface area is 101 Å². The van der Waals surface area contributed by atoms with E-state index in [-0.39, 0.29) is 11.2 Å². The summed E-state index contributed by atoms with van der Waals surface area (Å²) in [5.74, 6) is 0.526. The second-order valence-corrected chi connectivity index (χ2v) is 5.22. The highest BCUT2D eigenvalue weighted by Crippen LogP contribution is 1.98. The molecule has 0 aliphatic carbocycles. The summed E-state index contributed by atoms with van der Waals surface area (Å²) in [6.45, 7) is 0.821. The molecule has 1 rings (SSSR count). The molecule has 0 saturated heterocycles. The number of hydrogen-bond acceptors (Lipinski definition) is 4. The van der Waals surface area contributed by atoms with Crippen LogP contribution in [0, 0.1) is 0 Å². The van der Waals surface area contributed by atoms with E-state index in [0.29, 0.717) is 6.42 Å². The van der Waals surface area contributed by atoms with Gasteiger partial charge in [-0.3, -0.25) is 4.55 Å². The normalized spacial score (nSPS) is 10.9. The van der Waals surface area contributed by atoms with Crippen LogP contribution >= 0.6 is 12.6 Å². The summed E-state index contributed by atoms with van der Waals surface area (Å²) in [5.41, 5.74) is 0.892. The smallest absolute Gasteiger partial charge is 0.265 e. The SMILES string of the molecule is O=S(=O)(O)CCc1cc[n+](CCS)cc1.[OH-]. The van der Waals surface area contributed by atoms with Gasteiger partial charge in [0.1, 0.15) is 0 Å². The van der Waals surface area contributed by atoms with E-state index in [1.54, 1.807) is 0 Å². The fourth-order valence-corrected chi connectivity index (χ4v) is 1.89. The molecule has 0 fully saturated rings. The van der Waals surface area contributed by atoms with Gasteiger partial charge in [-0.1, -0.05) is 0 Å². The van der Waals surface area contributed by atoms with Crippen LogP contribution in [-0.2, 0) is 23.1 Å². The van der Waals surface area contributed by atoms with Gasteiger partial charge in [0.15, 0.2) is 18.9 Å². The van der Waals surface area contributed by atoms with Crippen LogP contribution < -0.4 is 4.57 Å². The Morgan fingerprint density at radius 3 is 2.31 bits per heavy atom. The fraction of sp³-hybridized carbons (Fsp3) is 0.444. The van der Waals surface area contributed by atoms with E-state index in [1.807, 2.05) is 29.1 Å². The van der Waals surface area contributed by atoms with Crippen molar-refractivity contribution in [2.45, 2.75) is 13.0 Å². The molecule has 5 nitrogen and oxygen atoms in total. The van der Waals surface area contributed by atoms with Crippen molar-refractivity contribution < 1.29 is 23.0 Å². The van der Waals surface area contributed by atoms with Crippen molar-refractivity contribution in [3.05, 3.63) is 30.1 Å². The van der Waals surface area contributed by atoms with Gasteiger partial charge in [0.25, 0.3) is 10.1 Å². The number of aryl methyl sites for hydroxylation is 2. The van der Waals surface area contributed by atoms with E-state index >= 15 is 0 Å². The van der Waals surface area contributed by atoms with Crippen molar-refractivity contribution in [3.63, 3.8) is 0 Å². The second-order valence-electron chi connectivity index (χ2n) is 3.20. The Bertz CT molecular complexity index is 402. The Hall–Kier alpha value is -0.630. The largest absolute Gasteiger partial charge is 0.870 e. The van der Waals surface area contributed by atoms with Crippen LogP contribution in [-0.4, -0.2) is 30.0 Å². The van der Waals surface area contributed by atoms with Gasteiger partial charge in [0, 0.05) is 17.9 Å². The lowest BCUT2D eigenvalue weighted by Gasteiger charge is -1.98. The molecule has 0 bridgehead atoms. The molecule has 0 amide bonds. The molecule has 7 heteroatoms. The van der Waals surface area contributed by atoms with Gasteiger partial charge in [0.2, 0.25) is 0 Å². The summed E-state index contributed by atoms with van der Waals surface area (Å²) in [4.78, 5) is 0. The number of rotatable bonds is 5. The van der Waals surface area contributed by atoms with Gasteiger partial charge in [-0.15, -0.1) is 0 Å². The molecule has 2 N–H and O–H groups in total. The average Bonchev–Trinajstić information content (AvgIpc) is 2.16. The van der Waals surface area contributed by atoms with E-state index in [0.717, 1.165) is 17.9 Å². The van der Waals surface area contributed by atoms with Crippen LogP contribution in [0.3, 0.4) is 0 Å². The third-order valence-corrected chi connectivity index (χ3v) is 2.89. The number of pyridine rings is 1. The standard InChI is InChI=1S/C9H13NO3S2.H2O/c11-15(12,13)8-3-9-1-4-10(5-2-9)6-7-14;/h1-2,4-5H,3,6-8H2,(H-,11,12,13,14);1H2. The monoisotopic (exact) mass is 265 g/mol. The van der Waals surface area contributed by atoms with Crippen molar-refractivity contribution >= 4 is 22.7 Å². The van der Waals surface area contributed by atoms with Crippen LogP contribution in [0.4, 0.5) is 0 Å². The zero-order valence-corrected chi connectivity index (χ0v) is 10.4. The molecule has 0 aliphatic rings. The first-order chi connectivity index (χ1) is 7.01. The Balaban J connectivity index is 0.00000225. The quantitative estimate of drug-likeness (QED) is 0.451. The van der Waals surface area contributed by atoms with Crippen molar-refractivity contribution in [2.75, 3.05) is 11.5 Å². The lowest BCUT2D eigenvalue weighted by Crippen LogP contribution is -2.33. The lowest BCUT2D eigenvalue weighted by atomic mass is 10.2. The molecule has 0 unspecified atom stereocenters. The summed E-state index contributed by atoms with van der Waals surface area (Å²) < 4.78 is 31.6. The Morgan fingerprint density at radius 2 is 1.88 bits per heavy atom. The van der Waals surface area contributed by atoms with Crippen LogP contribution in [0.2, 0.25) is 0 Å². The molecular formula is C9H15NO4S2. The zero-order valence-electron chi connectivity index (χ0n) is 8.65. The number of nitrogens with zero attached hydrogens (tertiary/aromatic N) is 1. The van der Waals surface area contributed by atoms with E-state index < -0.39 is 10.1 Å². The molecule has 1 aromatic rings. The van der Waals surface area contributed by atoms with Crippen LogP contribution in [0.1, 0.15) is 5.56 Å². The first-order valence-corrected chi connectivity index (χ1v) is 6.79. The Morgan fingerprint density at radius 1 is 1.31 bits per heavy atom. The van der Waals surface area contributed by atoms with Crippen molar-refractivity contribution in [2.24, 2.45) is 0 Å². The van der Waals surface area contributed by atoms with Crippen LogP contribution in [0.15, 0.2) is 24.5 Å². The van der Waals surface area contributed by atoms with Crippen LogP contribution in [0.25, 0.3) is 0 Å². The van der Waals surface area contributed by atoms with Crippen molar-refractivity contribution in [1.82, 2.24) is 0 Å². The molecule has 16 heavy (non-hydrogen) atoms. The Kier molecular flexibility index (Phi) is 6.58. The van der Waals surface area contributed by atoms with Crippen molar-refractivity contribution in [3.8, 4) is 0 Å². The van der Waals surface area contributed by atoms with Gasteiger partial charge in [0.05, 0.1) is 5.75 Å². The predicted octanol–water partition coefficient (Wildman–Crippen LogP) is 0.157. The molecular weight excluding hydrogens is 250 g/mol.